The van der Waals surface area contributed by atoms with Gasteiger partial charge in [-0.15, -0.1) is 0 Å². The van der Waals surface area contributed by atoms with E-state index in [0.29, 0.717) is 13.2 Å². The van der Waals surface area contributed by atoms with Crippen LogP contribution in [-0.4, -0.2) is 57.6 Å². The number of aryl methyl sites for hydroxylation is 1. The Labute approximate surface area is 110 Å². The van der Waals surface area contributed by atoms with Gasteiger partial charge in [0.2, 0.25) is 0 Å². The van der Waals surface area contributed by atoms with E-state index in [1.807, 2.05) is 6.92 Å². The summed E-state index contributed by atoms with van der Waals surface area (Å²) in [6, 6.07) is 2.64. The average molecular weight is 267 g/mol. The van der Waals surface area contributed by atoms with Gasteiger partial charge in [0.1, 0.15) is 5.69 Å². The maximum Gasteiger partial charge on any atom is 0.274 e. The van der Waals surface area contributed by atoms with Crippen molar-refractivity contribution >= 4 is 5.91 Å². The van der Waals surface area contributed by atoms with Gasteiger partial charge in [-0.05, 0) is 13.0 Å². The van der Waals surface area contributed by atoms with Crippen molar-refractivity contribution in [1.29, 1.82) is 0 Å². The minimum atomic E-state index is -0.368. The fourth-order valence-corrected chi connectivity index (χ4v) is 1.97. The van der Waals surface area contributed by atoms with Crippen LogP contribution in [0, 0.1) is 0 Å². The first-order chi connectivity index (χ1) is 9.02. The molecule has 1 fully saturated rings. The summed E-state index contributed by atoms with van der Waals surface area (Å²) in [4.78, 5) is 25.2. The summed E-state index contributed by atoms with van der Waals surface area (Å²) in [5.74, 6) is -0.259. The first-order valence-electron chi connectivity index (χ1n) is 6.10. The summed E-state index contributed by atoms with van der Waals surface area (Å²) in [6.45, 7) is 2.44. The monoisotopic (exact) mass is 267 g/mol. The Kier molecular flexibility index (Phi) is 3.96. The van der Waals surface area contributed by atoms with Crippen LogP contribution in [0.25, 0.3) is 0 Å². The summed E-state index contributed by atoms with van der Waals surface area (Å²) < 4.78 is 6.51. The zero-order valence-corrected chi connectivity index (χ0v) is 10.9. The minimum Gasteiger partial charge on any atom is -0.394 e. The third-order valence-corrected chi connectivity index (χ3v) is 3.15. The Balaban J connectivity index is 2.21. The molecule has 0 radical (unpaired) electrons. The molecule has 2 unspecified atom stereocenters. The van der Waals surface area contributed by atoms with Crippen LogP contribution in [0.2, 0.25) is 0 Å². The lowest BCUT2D eigenvalue weighted by molar-refractivity contribution is -0.0669. The van der Waals surface area contributed by atoms with E-state index in [-0.39, 0.29) is 35.9 Å². The fourth-order valence-electron chi connectivity index (χ4n) is 1.97. The Morgan fingerprint density at radius 3 is 2.95 bits per heavy atom. The van der Waals surface area contributed by atoms with Crippen molar-refractivity contribution < 1.29 is 14.6 Å². The summed E-state index contributed by atoms with van der Waals surface area (Å²) in [6.07, 6.45) is -0.368. The van der Waals surface area contributed by atoms with Crippen molar-refractivity contribution in [2.75, 3.05) is 19.8 Å². The maximum atomic E-state index is 12.3. The molecule has 2 rings (SSSR count). The average Bonchev–Trinajstić information content (AvgIpc) is 2.41. The van der Waals surface area contributed by atoms with Gasteiger partial charge in [0.25, 0.3) is 11.5 Å². The maximum absolute atomic E-state index is 12.3. The van der Waals surface area contributed by atoms with Crippen molar-refractivity contribution in [3.63, 3.8) is 0 Å². The van der Waals surface area contributed by atoms with Crippen LogP contribution in [0.4, 0.5) is 0 Å². The summed E-state index contributed by atoms with van der Waals surface area (Å²) >= 11 is 0. The molecule has 1 aliphatic heterocycles. The minimum absolute atomic E-state index is 0.0886. The van der Waals surface area contributed by atoms with E-state index in [1.54, 1.807) is 4.90 Å². The van der Waals surface area contributed by atoms with Gasteiger partial charge in [-0.2, -0.15) is 5.10 Å². The third-order valence-electron chi connectivity index (χ3n) is 3.15. The number of carbonyl (C=O) groups is 1. The van der Waals surface area contributed by atoms with Gasteiger partial charge in [0.15, 0.2) is 0 Å². The van der Waals surface area contributed by atoms with Crippen LogP contribution in [0.3, 0.4) is 0 Å². The zero-order valence-electron chi connectivity index (χ0n) is 10.9. The lowest BCUT2D eigenvalue weighted by Gasteiger charge is -2.37. The number of morpholine rings is 1. The summed E-state index contributed by atoms with van der Waals surface area (Å²) in [5.41, 5.74) is -0.0487. The molecule has 19 heavy (non-hydrogen) atoms. The van der Waals surface area contributed by atoms with Crippen LogP contribution in [0.5, 0.6) is 0 Å². The van der Waals surface area contributed by atoms with Gasteiger partial charge in [-0.3, -0.25) is 9.59 Å². The third kappa shape index (κ3) is 2.82. The number of nitrogens with zero attached hydrogens (tertiary/aromatic N) is 3. The fraction of sp³-hybridized carbons (Fsp3) is 0.583. The van der Waals surface area contributed by atoms with E-state index in [1.165, 1.54) is 19.2 Å². The summed E-state index contributed by atoms with van der Waals surface area (Å²) in [5, 5.41) is 13.0. The number of rotatable bonds is 2. The van der Waals surface area contributed by atoms with E-state index < -0.39 is 0 Å². The Morgan fingerprint density at radius 1 is 1.58 bits per heavy atom. The lowest BCUT2D eigenvalue weighted by Crippen LogP contribution is -2.52. The first-order valence-corrected chi connectivity index (χ1v) is 6.10. The molecule has 0 aromatic carbocycles. The highest BCUT2D eigenvalue weighted by Gasteiger charge is 2.30. The molecule has 104 valence electrons. The smallest absolute Gasteiger partial charge is 0.274 e. The highest BCUT2D eigenvalue weighted by molar-refractivity contribution is 5.92. The second kappa shape index (κ2) is 5.50. The molecule has 0 bridgehead atoms. The SMILES string of the molecule is CC1COC(CO)CN1C(=O)c1ccc(=O)n(C)n1. The molecule has 1 aliphatic rings. The number of aliphatic hydroxyl groups is 1. The molecule has 1 amide bonds. The van der Waals surface area contributed by atoms with Crippen LogP contribution in [0.15, 0.2) is 16.9 Å². The Hall–Kier alpha value is -1.73. The molecule has 1 aromatic rings. The predicted molar refractivity (Wildman–Crippen MR) is 66.8 cm³/mol. The molecule has 1 aromatic heterocycles. The van der Waals surface area contributed by atoms with Crippen molar-refractivity contribution in [2.45, 2.75) is 19.1 Å². The van der Waals surface area contributed by atoms with Crippen LogP contribution >= 0.6 is 0 Å². The standard InChI is InChI=1S/C12H17N3O4/c1-8-7-19-9(6-16)5-15(8)12(18)10-3-4-11(17)14(2)13-10/h3-4,8-9,16H,5-7H2,1-2H3. The molecule has 2 atom stereocenters. The van der Waals surface area contributed by atoms with E-state index in [0.717, 1.165) is 4.68 Å². The van der Waals surface area contributed by atoms with Gasteiger partial charge in [-0.1, -0.05) is 0 Å². The van der Waals surface area contributed by atoms with Gasteiger partial charge in [0.05, 0.1) is 25.4 Å². The molecule has 0 aliphatic carbocycles. The quantitative estimate of drug-likeness (QED) is 0.743. The normalized spacial score (nSPS) is 23.4. The predicted octanol–water partition coefficient (Wildman–Crippen LogP) is -0.998. The number of aromatic nitrogens is 2. The second-order valence-electron chi connectivity index (χ2n) is 4.62. The molecular weight excluding hydrogens is 250 g/mol. The topological polar surface area (TPSA) is 84.7 Å². The van der Waals surface area contributed by atoms with Gasteiger partial charge in [-0.25, -0.2) is 4.68 Å². The highest BCUT2D eigenvalue weighted by atomic mass is 16.5. The second-order valence-corrected chi connectivity index (χ2v) is 4.62. The largest absolute Gasteiger partial charge is 0.394 e. The molecule has 1 saturated heterocycles. The molecule has 2 heterocycles. The Morgan fingerprint density at radius 2 is 2.32 bits per heavy atom. The highest BCUT2D eigenvalue weighted by Crippen LogP contribution is 2.14. The van der Waals surface area contributed by atoms with Gasteiger partial charge < -0.3 is 14.7 Å². The van der Waals surface area contributed by atoms with Gasteiger partial charge >= 0.3 is 0 Å². The molecule has 7 heteroatoms. The Bertz CT molecular complexity index is 528. The number of ether oxygens (including phenoxy) is 1. The number of aliphatic hydroxyl groups excluding tert-OH is 1. The number of hydrogen-bond acceptors (Lipinski definition) is 5. The van der Waals surface area contributed by atoms with E-state index in [4.69, 9.17) is 9.84 Å². The van der Waals surface area contributed by atoms with E-state index in [9.17, 15) is 9.59 Å². The number of hydrogen-bond donors (Lipinski definition) is 1. The zero-order chi connectivity index (χ0) is 14.0. The van der Waals surface area contributed by atoms with Crippen LogP contribution in [-0.2, 0) is 11.8 Å². The van der Waals surface area contributed by atoms with E-state index in [2.05, 4.69) is 5.10 Å². The summed E-state index contributed by atoms with van der Waals surface area (Å²) in [7, 11) is 1.50. The molecule has 0 saturated carbocycles. The van der Waals surface area contributed by atoms with Crippen molar-refractivity contribution in [3.8, 4) is 0 Å². The van der Waals surface area contributed by atoms with Crippen molar-refractivity contribution in [2.24, 2.45) is 7.05 Å². The lowest BCUT2D eigenvalue weighted by atomic mass is 10.2. The molecular formula is C12H17N3O4. The van der Waals surface area contributed by atoms with Crippen molar-refractivity contribution in [3.05, 3.63) is 28.2 Å². The van der Waals surface area contributed by atoms with Crippen LogP contribution in [0.1, 0.15) is 17.4 Å². The van der Waals surface area contributed by atoms with Crippen LogP contribution < -0.4 is 5.56 Å². The molecule has 0 spiro atoms. The van der Waals surface area contributed by atoms with Crippen molar-refractivity contribution in [1.82, 2.24) is 14.7 Å². The first kappa shape index (κ1) is 13.7. The van der Waals surface area contributed by atoms with E-state index >= 15 is 0 Å². The molecule has 7 nitrogen and oxygen atoms in total. The number of carbonyl (C=O) groups excluding carboxylic acids is 1. The number of amides is 1. The molecule has 1 N–H and O–H groups in total. The van der Waals surface area contributed by atoms with Gasteiger partial charge in [0, 0.05) is 19.7 Å².